The summed E-state index contributed by atoms with van der Waals surface area (Å²) in [5.41, 5.74) is 5.21. The summed E-state index contributed by atoms with van der Waals surface area (Å²) in [7, 11) is 0. The predicted molar refractivity (Wildman–Crippen MR) is 108 cm³/mol. The first-order chi connectivity index (χ1) is 12.3. The Kier molecular flexibility index (Phi) is 2.98. The van der Waals surface area contributed by atoms with Crippen molar-refractivity contribution in [2.45, 2.75) is 13.8 Å². The standard InChI is InChI=1S/C24H19N/c1-16-17(2)25(18-10-4-3-5-11-18)24-22-15-9-7-13-20(22)19-12-6-8-14-21(19)23(16)24/h3-15H,1-2H3. The summed E-state index contributed by atoms with van der Waals surface area (Å²) >= 11 is 0. The Bertz CT molecular complexity index is 1240. The number of nitrogens with zero attached hydrogens (tertiary/aromatic N) is 1. The molecule has 0 fully saturated rings. The molecule has 120 valence electrons. The third-order valence-corrected chi connectivity index (χ3v) is 5.40. The van der Waals surface area contributed by atoms with E-state index < -0.39 is 0 Å². The van der Waals surface area contributed by atoms with E-state index in [9.17, 15) is 0 Å². The molecular formula is C24H19N. The Labute approximate surface area is 147 Å². The highest BCUT2D eigenvalue weighted by Crippen LogP contribution is 2.40. The first kappa shape index (κ1) is 14.3. The number of hydrogen-bond donors (Lipinski definition) is 0. The molecule has 0 aliphatic heterocycles. The van der Waals surface area contributed by atoms with Crippen LogP contribution in [0.4, 0.5) is 0 Å². The van der Waals surface area contributed by atoms with Crippen LogP contribution in [0.5, 0.6) is 0 Å². The Morgan fingerprint density at radius 1 is 0.560 bits per heavy atom. The zero-order chi connectivity index (χ0) is 17.0. The molecular weight excluding hydrogens is 302 g/mol. The van der Waals surface area contributed by atoms with Crippen LogP contribution < -0.4 is 0 Å². The fraction of sp³-hybridized carbons (Fsp3) is 0.0833. The Hall–Kier alpha value is -3.06. The number of hydrogen-bond acceptors (Lipinski definition) is 0. The SMILES string of the molecule is Cc1c(C)n(-c2ccccc2)c2c3ccccc3c3ccccc3c12. The van der Waals surface area contributed by atoms with Gasteiger partial charge in [-0.1, -0.05) is 66.7 Å². The molecule has 0 radical (unpaired) electrons. The van der Waals surface area contributed by atoms with Crippen LogP contribution >= 0.6 is 0 Å². The summed E-state index contributed by atoms with van der Waals surface area (Å²) in [5, 5.41) is 6.68. The van der Waals surface area contributed by atoms with Gasteiger partial charge in [0.1, 0.15) is 0 Å². The lowest BCUT2D eigenvalue weighted by Gasteiger charge is -2.12. The molecule has 0 saturated carbocycles. The zero-order valence-electron chi connectivity index (χ0n) is 14.5. The highest BCUT2D eigenvalue weighted by atomic mass is 15.0. The summed E-state index contributed by atoms with van der Waals surface area (Å²) in [5.74, 6) is 0. The Balaban J connectivity index is 2.14. The number of aryl methyl sites for hydroxylation is 1. The van der Waals surface area contributed by atoms with Crippen molar-refractivity contribution in [1.29, 1.82) is 0 Å². The second kappa shape index (κ2) is 5.22. The maximum absolute atomic E-state index is 2.42. The third kappa shape index (κ3) is 1.90. The second-order valence-electron chi connectivity index (χ2n) is 6.70. The molecule has 0 unspecified atom stereocenters. The predicted octanol–water partition coefficient (Wildman–Crippen LogP) is 6.55. The molecule has 0 amide bonds. The van der Waals surface area contributed by atoms with E-state index in [0.29, 0.717) is 0 Å². The van der Waals surface area contributed by atoms with Gasteiger partial charge in [-0.3, -0.25) is 0 Å². The van der Waals surface area contributed by atoms with Gasteiger partial charge in [0, 0.05) is 22.2 Å². The van der Waals surface area contributed by atoms with Crippen LogP contribution in [0.3, 0.4) is 0 Å². The minimum atomic E-state index is 1.22. The molecule has 25 heavy (non-hydrogen) atoms. The van der Waals surface area contributed by atoms with Crippen LogP contribution in [0.25, 0.3) is 38.1 Å². The molecule has 5 aromatic rings. The largest absolute Gasteiger partial charge is 0.313 e. The minimum Gasteiger partial charge on any atom is -0.313 e. The van der Waals surface area contributed by atoms with Gasteiger partial charge in [0.25, 0.3) is 0 Å². The minimum absolute atomic E-state index is 1.22. The highest BCUT2D eigenvalue weighted by Gasteiger charge is 2.18. The molecule has 0 saturated heterocycles. The van der Waals surface area contributed by atoms with E-state index in [1.165, 1.54) is 49.4 Å². The lowest BCUT2D eigenvalue weighted by molar-refractivity contribution is 1.04. The van der Waals surface area contributed by atoms with Crippen molar-refractivity contribution in [3.63, 3.8) is 0 Å². The molecule has 4 aromatic carbocycles. The molecule has 1 aromatic heterocycles. The summed E-state index contributed by atoms with van der Waals surface area (Å²) in [6.07, 6.45) is 0. The van der Waals surface area contributed by atoms with E-state index >= 15 is 0 Å². The van der Waals surface area contributed by atoms with Crippen molar-refractivity contribution >= 4 is 32.4 Å². The fourth-order valence-electron chi connectivity index (χ4n) is 4.15. The van der Waals surface area contributed by atoms with Gasteiger partial charge in [0.2, 0.25) is 0 Å². The lowest BCUT2D eigenvalue weighted by atomic mass is 9.96. The molecule has 1 heteroatoms. The first-order valence-corrected chi connectivity index (χ1v) is 8.74. The second-order valence-corrected chi connectivity index (χ2v) is 6.70. The van der Waals surface area contributed by atoms with E-state index in [1.807, 2.05) is 0 Å². The van der Waals surface area contributed by atoms with Crippen molar-refractivity contribution < 1.29 is 0 Å². The van der Waals surface area contributed by atoms with Crippen LogP contribution in [0.2, 0.25) is 0 Å². The topological polar surface area (TPSA) is 4.93 Å². The molecule has 0 aliphatic rings. The maximum atomic E-state index is 2.42. The smallest absolute Gasteiger partial charge is 0.0618 e. The number of benzene rings is 4. The van der Waals surface area contributed by atoms with Crippen molar-refractivity contribution in [2.24, 2.45) is 0 Å². The van der Waals surface area contributed by atoms with Gasteiger partial charge in [-0.25, -0.2) is 0 Å². The molecule has 0 bridgehead atoms. The van der Waals surface area contributed by atoms with Gasteiger partial charge >= 0.3 is 0 Å². The molecule has 0 N–H and O–H groups in total. The summed E-state index contributed by atoms with van der Waals surface area (Å²) in [6, 6.07) is 28.2. The number of fused-ring (bicyclic) bond motifs is 6. The van der Waals surface area contributed by atoms with Crippen molar-refractivity contribution in [2.75, 3.05) is 0 Å². The Morgan fingerprint density at radius 3 is 1.76 bits per heavy atom. The molecule has 5 rings (SSSR count). The monoisotopic (exact) mass is 321 g/mol. The molecule has 1 heterocycles. The lowest BCUT2D eigenvalue weighted by Crippen LogP contribution is -1.97. The molecule has 1 nitrogen and oxygen atoms in total. The summed E-state index contributed by atoms with van der Waals surface area (Å²) in [4.78, 5) is 0. The Morgan fingerprint density at radius 2 is 1.08 bits per heavy atom. The average molecular weight is 321 g/mol. The molecule has 0 atom stereocenters. The first-order valence-electron chi connectivity index (χ1n) is 8.74. The average Bonchev–Trinajstić information content (AvgIpc) is 2.94. The van der Waals surface area contributed by atoms with Gasteiger partial charge in [-0.2, -0.15) is 0 Å². The maximum Gasteiger partial charge on any atom is 0.0618 e. The van der Waals surface area contributed by atoms with E-state index in [1.54, 1.807) is 0 Å². The van der Waals surface area contributed by atoms with Gasteiger partial charge in [0.05, 0.1) is 5.52 Å². The normalized spacial score (nSPS) is 11.6. The van der Waals surface area contributed by atoms with E-state index in [0.717, 1.165) is 0 Å². The van der Waals surface area contributed by atoms with Crippen LogP contribution in [0.15, 0.2) is 78.9 Å². The number of rotatable bonds is 1. The van der Waals surface area contributed by atoms with Crippen LogP contribution in [0, 0.1) is 13.8 Å². The van der Waals surface area contributed by atoms with Crippen molar-refractivity contribution in [3.8, 4) is 5.69 Å². The quantitative estimate of drug-likeness (QED) is 0.308. The zero-order valence-corrected chi connectivity index (χ0v) is 14.5. The van der Waals surface area contributed by atoms with Crippen LogP contribution in [-0.4, -0.2) is 4.57 Å². The molecule has 0 spiro atoms. The highest BCUT2D eigenvalue weighted by molar-refractivity contribution is 6.26. The number of aromatic nitrogens is 1. The molecule has 0 aliphatic carbocycles. The van der Waals surface area contributed by atoms with Gasteiger partial charge in [0.15, 0.2) is 0 Å². The van der Waals surface area contributed by atoms with Crippen LogP contribution in [-0.2, 0) is 0 Å². The fourth-order valence-corrected chi connectivity index (χ4v) is 4.15. The summed E-state index contributed by atoms with van der Waals surface area (Å²) < 4.78 is 2.42. The van der Waals surface area contributed by atoms with Gasteiger partial charge < -0.3 is 4.57 Å². The van der Waals surface area contributed by atoms with Crippen molar-refractivity contribution in [1.82, 2.24) is 4.57 Å². The van der Waals surface area contributed by atoms with E-state index in [-0.39, 0.29) is 0 Å². The van der Waals surface area contributed by atoms with Crippen molar-refractivity contribution in [3.05, 3.63) is 90.1 Å². The van der Waals surface area contributed by atoms with E-state index in [4.69, 9.17) is 0 Å². The van der Waals surface area contributed by atoms with Crippen LogP contribution in [0.1, 0.15) is 11.3 Å². The van der Waals surface area contributed by atoms with Gasteiger partial charge in [-0.15, -0.1) is 0 Å². The van der Waals surface area contributed by atoms with Gasteiger partial charge in [-0.05, 0) is 47.7 Å². The third-order valence-electron chi connectivity index (χ3n) is 5.40. The van der Waals surface area contributed by atoms with E-state index in [2.05, 4.69) is 97.3 Å². The summed E-state index contributed by atoms with van der Waals surface area (Å²) in [6.45, 7) is 4.48. The number of para-hydroxylation sites is 1.